The van der Waals surface area contributed by atoms with E-state index in [0.29, 0.717) is 0 Å². The van der Waals surface area contributed by atoms with E-state index in [1.165, 1.54) is 7.11 Å². The fraction of sp³-hybridized carbons (Fsp3) is 0.333. The lowest BCUT2D eigenvalue weighted by molar-refractivity contribution is -0.141. The lowest BCUT2D eigenvalue weighted by Gasteiger charge is -2.20. The summed E-state index contributed by atoms with van der Waals surface area (Å²) < 4.78 is 31.3. The van der Waals surface area contributed by atoms with Gasteiger partial charge in [0.05, 0.1) is 18.4 Å². The molecule has 5 nitrogen and oxygen atoms in total. The second-order valence-electron chi connectivity index (χ2n) is 3.75. The smallest absolute Gasteiger partial charge is 0.325 e. The number of hydrogen-bond donors (Lipinski definition) is 1. The van der Waals surface area contributed by atoms with E-state index in [0.717, 1.165) is 17.0 Å². The molecule has 19 heavy (non-hydrogen) atoms. The second-order valence-corrected chi connectivity index (χ2v) is 3.75. The molecule has 7 heteroatoms. The summed E-state index contributed by atoms with van der Waals surface area (Å²) in [6.07, 6.45) is 0. The van der Waals surface area contributed by atoms with E-state index in [1.54, 1.807) is 6.92 Å². The van der Waals surface area contributed by atoms with Crippen LogP contribution in [0.2, 0.25) is 0 Å². The van der Waals surface area contributed by atoms with Crippen LogP contribution in [0.1, 0.15) is 17.3 Å². The highest BCUT2D eigenvalue weighted by Crippen LogP contribution is 2.19. The van der Waals surface area contributed by atoms with Crippen LogP contribution in [0.25, 0.3) is 0 Å². The molecule has 0 aromatic heterocycles. The van der Waals surface area contributed by atoms with Crippen molar-refractivity contribution in [3.05, 3.63) is 29.3 Å². The SMILES string of the molecule is CCN(CC(=O)OC)C(=O)c1cc(F)cc(N)c1F. The summed E-state index contributed by atoms with van der Waals surface area (Å²) in [5.41, 5.74) is 4.28. The molecule has 0 spiro atoms. The first-order chi connectivity index (χ1) is 8.90. The molecule has 1 aromatic carbocycles. The molecule has 0 heterocycles. The van der Waals surface area contributed by atoms with E-state index in [9.17, 15) is 18.4 Å². The van der Waals surface area contributed by atoms with E-state index in [4.69, 9.17) is 5.73 Å². The van der Waals surface area contributed by atoms with E-state index >= 15 is 0 Å². The molecule has 0 fully saturated rings. The zero-order valence-electron chi connectivity index (χ0n) is 10.6. The van der Waals surface area contributed by atoms with Crippen molar-refractivity contribution < 1.29 is 23.1 Å². The third kappa shape index (κ3) is 3.40. The summed E-state index contributed by atoms with van der Waals surface area (Å²) in [4.78, 5) is 24.2. The van der Waals surface area contributed by atoms with E-state index in [1.807, 2.05) is 0 Å². The number of rotatable bonds is 4. The van der Waals surface area contributed by atoms with Gasteiger partial charge in [0.15, 0.2) is 5.82 Å². The Morgan fingerprint density at radius 1 is 1.37 bits per heavy atom. The molecule has 0 atom stereocenters. The van der Waals surface area contributed by atoms with Gasteiger partial charge in [-0.1, -0.05) is 0 Å². The number of carbonyl (C=O) groups is 2. The molecule has 0 unspecified atom stereocenters. The number of carbonyl (C=O) groups excluding carboxylic acids is 2. The van der Waals surface area contributed by atoms with Gasteiger partial charge in [0.2, 0.25) is 0 Å². The normalized spacial score (nSPS) is 10.1. The van der Waals surface area contributed by atoms with Crippen LogP contribution in [0, 0.1) is 11.6 Å². The number of nitrogen functional groups attached to an aromatic ring is 1. The minimum atomic E-state index is -1.00. The second kappa shape index (κ2) is 6.12. The Morgan fingerprint density at radius 3 is 2.53 bits per heavy atom. The highest BCUT2D eigenvalue weighted by atomic mass is 19.1. The Hall–Kier alpha value is -2.18. The molecule has 2 N–H and O–H groups in total. The molecule has 0 aliphatic carbocycles. The van der Waals surface area contributed by atoms with Crippen LogP contribution >= 0.6 is 0 Å². The topological polar surface area (TPSA) is 72.6 Å². The first-order valence-corrected chi connectivity index (χ1v) is 5.51. The first-order valence-electron chi connectivity index (χ1n) is 5.51. The van der Waals surface area contributed by atoms with Gasteiger partial charge in [0, 0.05) is 6.54 Å². The number of likely N-dealkylation sites (N-methyl/N-ethyl adjacent to an activating group) is 1. The number of ether oxygens (including phenoxy) is 1. The molecule has 0 aliphatic rings. The predicted molar refractivity (Wildman–Crippen MR) is 64.4 cm³/mol. The third-order valence-electron chi connectivity index (χ3n) is 2.51. The summed E-state index contributed by atoms with van der Waals surface area (Å²) >= 11 is 0. The molecule has 0 aliphatic heterocycles. The maximum atomic E-state index is 13.7. The standard InChI is InChI=1S/C12H14F2N2O3/c1-3-16(6-10(17)19-2)12(18)8-4-7(13)5-9(15)11(8)14/h4-5H,3,6,15H2,1-2H3. The summed E-state index contributed by atoms with van der Waals surface area (Å²) in [6.45, 7) is 1.40. The number of nitrogens with zero attached hydrogens (tertiary/aromatic N) is 1. The average Bonchev–Trinajstić information content (AvgIpc) is 2.38. The lowest BCUT2D eigenvalue weighted by Crippen LogP contribution is -2.36. The fourth-order valence-electron chi connectivity index (χ4n) is 1.48. The highest BCUT2D eigenvalue weighted by Gasteiger charge is 2.22. The highest BCUT2D eigenvalue weighted by molar-refractivity contribution is 5.97. The molecule has 1 aromatic rings. The van der Waals surface area contributed by atoms with Crippen LogP contribution in [0.5, 0.6) is 0 Å². The maximum absolute atomic E-state index is 13.7. The van der Waals surface area contributed by atoms with E-state index < -0.39 is 34.8 Å². The maximum Gasteiger partial charge on any atom is 0.325 e. The van der Waals surface area contributed by atoms with Crippen molar-refractivity contribution in [2.45, 2.75) is 6.92 Å². The minimum absolute atomic E-state index is 0.143. The van der Waals surface area contributed by atoms with Crippen LogP contribution in [-0.4, -0.2) is 37.0 Å². The van der Waals surface area contributed by atoms with Gasteiger partial charge in [-0.15, -0.1) is 0 Å². The van der Waals surface area contributed by atoms with Gasteiger partial charge in [-0.3, -0.25) is 9.59 Å². The van der Waals surface area contributed by atoms with Gasteiger partial charge in [0.25, 0.3) is 5.91 Å². The van der Waals surface area contributed by atoms with Crippen molar-refractivity contribution in [2.24, 2.45) is 0 Å². The number of halogens is 2. The van der Waals surface area contributed by atoms with Gasteiger partial charge in [0.1, 0.15) is 12.4 Å². The van der Waals surface area contributed by atoms with Crippen LogP contribution in [0.15, 0.2) is 12.1 Å². The van der Waals surface area contributed by atoms with Gasteiger partial charge in [-0.05, 0) is 19.1 Å². The monoisotopic (exact) mass is 272 g/mol. The summed E-state index contributed by atoms with van der Waals surface area (Å²) in [7, 11) is 1.17. The van der Waals surface area contributed by atoms with Crippen molar-refractivity contribution >= 4 is 17.6 Å². The largest absolute Gasteiger partial charge is 0.468 e. The number of methoxy groups -OCH3 is 1. The summed E-state index contributed by atoms with van der Waals surface area (Å²) in [5, 5.41) is 0. The number of amides is 1. The van der Waals surface area contributed by atoms with Crippen molar-refractivity contribution in [1.29, 1.82) is 0 Å². The van der Waals surface area contributed by atoms with Gasteiger partial charge < -0.3 is 15.4 Å². The molecular formula is C12H14F2N2O3. The molecule has 1 amide bonds. The number of nitrogens with two attached hydrogens (primary N) is 1. The Kier molecular flexibility index (Phi) is 4.80. The van der Waals surface area contributed by atoms with Crippen molar-refractivity contribution in [2.75, 3.05) is 25.9 Å². The lowest BCUT2D eigenvalue weighted by atomic mass is 10.1. The van der Waals surface area contributed by atoms with Crippen molar-refractivity contribution in [3.8, 4) is 0 Å². The number of esters is 1. The van der Waals surface area contributed by atoms with Crippen molar-refractivity contribution in [3.63, 3.8) is 0 Å². The molecule has 0 saturated heterocycles. The van der Waals surface area contributed by atoms with Crippen LogP contribution < -0.4 is 5.73 Å². The molecule has 0 bridgehead atoms. The zero-order chi connectivity index (χ0) is 14.6. The third-order valence-corrected chi connectivity index (χ3v) is 2.51. The number of hydrogen-bond acceptors (Lipinski definition) is 4. The van der Waals surface area contributed by atoms with Gasteiger partial charge >= 0.3 is 5.97 Å². The quantitative estimate of drug-likeness (QED) is 0.660. The fourth-order valence-corrected chi connectivity index (χ4v) is 1.48. The zero-order valence-corrected chi connectivity index (χ0v) is 10.6. The van der Waals surface area contributed by atoms with Crippen molar-refractivity contribution in [1.82, 2.24) is 4.90 Å². The summed E-state index contributed by atoms with van der Waals surface area (Å²) in [6, 6.07) is 1.52. The summed E-state index contributed by atoms with van der Waals surface area (Å²) in [5.74, 6) is -3.30. The van der Waals surface area contributed by atoms with Crippen LogP contribution in [0.4, 0.5) is 14.5 Å². The van der Waals surface area contributed by atoms with Crippen LogP contribution in [0.3, 0.4) is 0 Å². The minimum Gasteiger partial charge on any atom is -0.468 e. The van der Waals surface area contributed by atoms with E-state index in [-0.39, 0.29) is 13.1 Å². The predicted octanol–water partition coefficient (Wildman–Crippen LogP) is 1.18. The molecule has 0 saturated carbocycles. The Labute approximate surface area is 108 Å². The molecule has 104 valence electrons. The van der Waals surface area contributed by atoms with Gasteiger partial charge in [-0.25, -0.2) is 8.78 Å². The molecular weight excluding hydrogens is 258 g/mol. The molecule has 0 radical (unpaired) electrons. The Morgan fingerprint density at radius 2 is 2.00 bits per heavy atom. The Bertz CT molecular complexity index is 506. The van der Waals surface area contributed by atoms with Crippen LogP contribution in [-0.2, 0) is 9.53 Å². The molecule has 1 rings (SSSR count). The van der Waals surface area contributed by atoms with E-state index in [2.05, 4.69) is 4.74 Å². The van der Waals surface area contributed by atoms with Gasteiger partial charge in [-0.2, -0.15) is 0 Å². The average molecular weight is 272 g/mol. The Balaban J connectivity index is 3.07. The number of anilines is 1. The first kappa shape index (κ1) is 14.9. The number of benzene rings is 1.